The SMILES string of the molecule is NC1CCCCC1NC(=O)c1cc(-c2cnc3cccnn23)cs1. The molecule has 3 N–H and O–H groups in total. The van der Waals surface area contributed by atoms with Crippen molar-refractivity contribution in [3.05, 3.63) is 40.8 Å². The lowest BCUT2D eigenvalue weighted by molar-refractivity contribution is 0.0925. The number of nitrogens with one attached hydrogen (secondary N) is 1. The summed E-state index contributed by atoms with van der Waals surface area (Å²) in [5.74, 6) is -0.0459. The van der Waals surface area contributed by atoms with E-state index in [4.69, 9.17) is 5.73 Å². The molecule has 24 heavy (non-hydrogen) atoms. The van der Waals surface area contributed by atoms with Gasteiger partial charge in [-0.05, 0) is 31.0 Å². The maximum absolute atomic E-state index is 12.5. The number of aromatic nitrogens is 3. The van der Waals surface area contributed by atoms with Crippen LogP contribution in [0.1, 0.15) is 35.4 Å². The topological polar surface area (TPSA) is 85.3 Å². The molecule has 1 amide bonds. The average molecular weight is 341 g/mol. The Morgan fingerprint density at radius 1 is 1.38 bits per heavy atom. The molecule has 2 unspecified atom stereocenters. The first-order chi connectivity index (χ1) is 11.7. The summed E-state index contributed by atoms with van der Waals surface area (Å²) < 4.78 is 1.78. The minimum atomic E-state index is -0.0459. The largest absolute Gasteiger partial charge is 0.347 e. The number of thiophene rings is 1. The van der Waals surface area contributed by atoms with Crippen LogP contribution in [0.15, 0.2) is 36.0 Å². The molecular weight excluding hydrogens is 322 g/mol. The van der Waals surface area contributed by atoms with Crippen molar-refractivity contribution in [2.45, 2.75) is 37.8 Å². The maximum Gasteiger partial charge on any atom is 0.261 e. The summed E-state index contributed by atoms with van der Waals surface area (Å²) in [6, 6.07) is 5.79. The third-order valence-electron chi connectivity index (χ3n) is 4.53. The molecule has 3 aromatic rings. The zero-order chi connectivity index (χ0) is 16.5. The molecule has 0 saturated heterocycles. The van der Waals surface area contributed by atoms with Crippen LogP contribution in [-0.2, 0) is 0 Å². The molecule has 0 aromatic carbocycles. The minimum absolute atomic E-state index is 0.0459. The van der Waals surface area contributed by atoms with Gasteiger partial charge in [-0.1, -0.05) is 12.8 Å². The van der Waals surface area contributed by atoms with Gasteiger partial charge in [0.2, 0.25) is 0 Å². The van der Waals surface area contributed by atoms with Crippen molar-refractivity contribution in [3.8, 4) is 11.3 Å². The Balaban J connectivity index is 1.55. The van der Waals surface area contributed by atoms with E-state index in [0.29, 0.717) is 4.88 Å². The van der Waals surface area contributed by atoms with Crippen molar-refractivity contribution in [3.63, 3.8) is 0 Å². The van der Waals surface area contributed by atoms with Crippen LogP contribution in [0.2, 0.25) is 0 Å². The first-order valence-electron chi connectivity index (χ1n) is 8.16. The van der Waals surface area contributed by atoms with Crippen molar-refractivity contribution >= 4 is 22.9 Å². The van der Waals surface area contributed by atoms with Crippen LogP contribution in [0, 0.1) is 0 Å². The smallest absolute Gasteiger partial charge is 0.261 e. The van der Waals surface area contributed by atoms with Gasteiger partial charge in [0.25, 0.3) is 5.91 Å². The van der Waals surface area contributed by atoms with E-state index >= 15 is 0 Å². The van der Waals surface area contributed by atoms with Crippen molar-refractivity contribution in [2.75, 3.05) is 0 Å². The van der Waals surface area contributed by atoms with E-state index in [1.807, 2.05) is 23.6 Å². The van der Waals surface area contributed by atoms with Crippen LogP contribution >= 0.6 is 11.3 Å². The van der Waals surface area contributed by atoms with Gasteiger partial charge in [0.1, 0.15) is 0 Å². The fourth-order valence-electron chi connectivity index (χ4n) is 3.19. The lowest BCUT2D eigenvalue weighted by Crippen LogP contribution is -2.49. The second-order valence-electron chi connectivity index (χ2n) is 6.16. The second kappa shape index (κ2) is 6.33. The second-order valence-corrected chi connectivity index (χ2v) is 7.08. The molecule has 3 heterocycles. The normalized spacial score (nSPS) is 21.0. The maximum atomic E-state index is 12.5. The molecule has 4 rings (SSSR count). The molecule has 7 heteroatoms. The Morgan fingerprint density at radius 2 is 2.25 bits per heavy atom. The van der Waals surface area contributed by atoms with Gasteiger partial charge in [0, 0.05) is 29.2 Å². The number of carbonyl (C=O) groups excluding carboxylic acids is 1. The number of hydrogen-bond donors (Lipinski definition) is 2. The van der Waals surface area contributed by atoms with E-state index < -0.39 is 0 Å². The van der Waals surface area contributed by atoms with Crippen molar-refractivity contribution in [1.82, 2.24) is 19.9 Å². The Bertz CT molecular complexity index is 871. The number of amides is 1. The number of rotatable bonds is 3. The van der Waals surface area contributed by atoms with Crippen LogP contribution in [-0.4, -0.2) is 32.6 Å². The van der Waals surface area contributed by atoms with Crippen LogP contribution in [0.5, 0.6) is 0 Å². The molecule has 0 radical (unpaired) electrons. The Hall–Kier alpha value is -2.25. The molecule has 1 aliphatic carbocycles. The lowest BCUT2D eigenvalue weighted by Gasteiger charge is -2.29. The van der Waals surface area contributed by atoms with Gasteiger partial charge < -0.3 is 11.1 Å². The lowest BCUT2D eigenvalue weighted by atomic mass is 9.91. The summed E-state index contributed by atoms with van der Waals surface area (Å²) in [4.78, 5) is 17.5. The van der Waals surface area contributed by atoms with Crippen LogP contribution in [0.25, 0.3) is 16.9 Å². The average Bonchev–Trinajstić information content (AvgIpc) is 3.23. The highest BCUT2D eigenvalue weighted by atomic mass is 32.1. The highest BCUT2D eigenvalue weighted by Gasteiger charge is 2.24. The van der Waals surface area contributed by atoms with E-state index in [1.165, 1.54) is 11.3 Å². The molecule has 124 valence electrons. The van der Waals surface area contributed by atoms with Gasteiger partial charge >= 0.3 is 0 Å². The predicted octanol–water partition coefficient (Wildman–Crippen LogP) is 2.46. The molecule has 0 bridgehead atoms. The summed E-state index contributed by atoms with van der Waals surface area (Å²) in [5.41, 5.74) is 8.74. The molecule has 0 spiro atoms. The summed E-state index contributed by atoms with van der Waals surface area (Å²) in [7, 11) is 0. The predicted molar refractivity (Wildman–Crippen MR) is 94.0 cm³/mol. The zero-order valence-corrected chi connectivity index (χ0v) is 14.0. The molecule has 1 saturated carbocycles. The molecular formula is C17H19N5OS. The first-order valence-corrected chi connectivity index (χ1v) is 9.04. The van der Waals surface area contributed by atoms with Crippen molar-refractivity contribution in [2.24, 2.45) is 5.73 Å². The first kappa shape index (κ1) is 15.3. The van der Waals surface area contributed by atoms with Crippen LogP contribution < -0.4 is 11.1 Å². The number of hydrogen-bond acceptors (Lipinski definition) is 5. The summed E-state index contributed by atoms with van der Waals surface area (Å²) >= 11 is 1.43. The Labute approximate surface area is 143 Å². The quantitative estimate of drug-likeness (QED) is 0.766. The molecule has 3 aromatic heterocycles. The van der Waals surface area contributed by atoms with E-state index in [9.17, 15) is 4.79 Å². The van der Waals surface area contributed by atoms with Gasteiger partial charge in [-0.2, -0.15) is 5.10 Å². The number of fused-ring (bicyclic) bond motifs is 1. The van der Waals surface area contributed by atoms with Crippen molar-refractivity contribution < 1.29 is 4.79 Å². The molecule has 0 aliphatic heterocycles. The van der Waals surface area contributed by atoms with Gasteiger partial charge in [-0.25, -0.2) is 9.50 Å². The monoisotopic (exact) mass is 341 g/mol. The number of nitrogens with zero attached hydrogens (tertiary/aromatic N) is 3. The molecule has 1 aliphatic rings. The zero-order valence-electron chi connectivity index (χ0n) is 13.2. The van der Waals surface area contributed by atoms with Gasteiger partial charge in [0.15, 0.2) is 5.65 Å². The van der Waals surface area contributed by atoms with E-state index in [-0.39, 0.29) is 18.0 Å². The van der Waals surface area contributed by atoms with Gasteiger partial charge in [-0.3, -0.25) is 4.79 Å². The standard InChI is InChI=1S/C17H19N5OS/c18-12-4-1-2-5-13(12)21-17(23)15-8-11(10-24-15)14-9-19-16-6-3-7-20-22(14)16/h3,6-10,12-13H,1-2,4-5,18H2,(H,21,23). The van der Waals surface area contributed by atoms with Gasteiger partial charge in [-0.15, -0.1) is 11.3 Å². The summed E-state index contributed by atoms with van der Waals surface area (Å²) in [6.07, 6.45) is 7.72. The fraction of sp³-hybridized carbons (Fsp3) is 0.353. The Kier molecular flexibility index (Phi) is 4.03. The third kappa shape index (κ3) is 2.81. The highest BCUT2D eigenvalue weighted by molar-refractivity contribution is 7.12. The number of nitrogens with two attached hydrogens (primary N) is 1. The van der Waals surface area contributed by atoms with Crippen molar-refractivity contribution in [1.29, 1.82) is 0 Å². The molecule has 6 nitrogen and oxygen atoms in total. The number of imidazole rings is 1. The van der Waals surface area contributed by atoms with E-state index in [2.05, 4.69) is 15.4 Å². The van der Waals surface area contributed by atoms with Crippen LogP contribution in [0.3, 0.4) is 0 Å². The fourth-order valence-corrected chi connectivity index (χ4v) is 4.00. The number of carbonyl (C=O) groups is 1. The summed E-state index contributed by atoms with van der Waals surface area (Å²) in [6.45, 7) is 0. The molecule has 2 atom stereocenters. The van der Waals surface area contributed by atoms with E-state index in [1.54, 1.807) is 16.9 Å². The van der Waals surface area contributed by atoms with Crippen LogP contribution in [0.4, 0.5) is 0 Å². The molecule has 1 fully saturated rings. The highest BCUT2D eigenvalue weighted by Crippen LogP contribution is 2.26. The minimum Gasteiger partial charge on any atom is -0.347 e. The van der Waals surface area contributed by atoms with Gasteiger partial charge in [0.05, 0.1) is 16.8 Å². The van der Waals surface area contributed by atoms with E-state index in [0.717, 1.165) is 42.6 Å². The summed E-state index contributed by atoms with van der Waals surface area (Å²) in [5, 5.41) is 9.37. The Morgan fingerprint density at radius 3 is 3.12 bits per heavy atom. The third-order valence-corrected chi connectivity index (χ3v) is 5.46.